The van der Waals surface area contributed by atoms with E-state index in [9.17, 15) is 18.0 Å². The standard InChI is InChI=1S/C18H16F3N5O/c1-11-4-2-5-12(8-11)9-15(16-23-25-26-24-16)17(27)22-14-7-3-6-13(10-14)18(19,20)21/h2-8,10,15H,9H2,1H3,(H2,22,23,24,25,26,27)/p-1/t15-/m1/s1. The van der Waals surface area contributed by atoms with E-state index in [2.05, 4.69) is 25.9 Å². The number of anilines is 1. The summed E-state index contributed by atoms with van der Waals surface area (Å²) in [4.78, 5) is 12.7. The van der Waals surface area contributed by atoms with Gasteiger partial charge in [0, 0.05) is 11.5 Å². The molecule has 0 radical (unpaired) electrons. The highest BCUT2D eigenvalue weighted by Gasteiger charge is 2.30. The van der Waals surface area contributed by atoms with Gasteiger partial charge in [0.15, 0.2) is 0 Å². The van der Waals surface area contributed by atoms with E-state index in [-0.39, 0.29) is 17.9 Å². The van der Waals surface area contributed by atoms with E-state index in [0.29, 0.717) is 0 Å². The molecule has 140 valence electrons. The van der Waals surface area contributed by atoms with Crippen LogP contribution in [0.1, 0.15) is 28.4 Å². The average molecular weight is 374 g/mol. The maximum absolute atomic E-state index is 12.9. The van der Waals surface area contributed by atoms with Gasteiger partial charge in [0.2, 0.25) is 5.91 Å². The normalized spacial score (nSPS) is 12.6. The van der Waals surface area contributed by atoms with Gasteiger partial charge in [0.25, 0.3) is 0 Å². The van der Waals surface area contributed by atoms with Crippen molar-refractivity contribution in [1.29, 1.82) is 0 Å². The van der Waals surface area contributed by atoms with Gasteiger partial charge >= 0.3 is 6.18 Å². The second-order valence-corrected chi connectivity index (χ2v) is 6.05. The fraction of sp³-hybridized carbons (Fsp3) is 0.222. The summed E-state index contributed by atoms with van der Waals surface area (Å²) in [6, 6.07) is 12.0. The summed E-state index contributed by atoms with van der Waals surface area (Å²) >= 11 is 0. The molecule has 1 aromatic heterocycles. The number of rotatable bonds is 5. The van der Waals surface area contributed by atoms with Crippen molar-refractivity contribution in [2.75, 3.05) is 5.32 Å². The maximum atomic E-state index is 12.9. The van der Waals surface area contributed by atoms with Crippen molar-refractivity contribution in [3.63, 3.8) is 0 Å². The van der Waals surface area contributed by atoms with Crippen LogP contribution in [-0.2, 0) is 17.4 Å². The van der Waals surface area contributed by atoms with Gasteiger partial charge in [-0.25, -0.2) is 0 Å². The number of carbonyl (C=O) groups excluding carboxylic acids is 1. The van der Waals surface area contributed by atoms with Crippen molar-refractivity contribution < 1.29 is 18.0 Å². The number of hydrogen-bond donors (Lipinski definition) is 1. The molecule has 0 aliphatic rings. The molecule has 0 spiro atoms. The lowest BCUT2D eigenvalue weighted by Crippen LogP contribution is -2.24. The van der Waals surface area contributed by atoms with Crippen molar-refractivity contribution >= 4 is 11.6 Å². The predicted octanol–water partition coefficient (Wildman–Crippen LogP) is 3.12. The largest absolute Gasteiger partial charge is 0.416 e. The summed E-state index contributed by atoms with van der Waals surface area (Å²) < 4.78 is 38.6. The van der Waals surface area contributed by atoms with Crippen molar-refractivity contribution in [3.8, 4) is 0 Å². The third-order valence-corrected chi connectivity index (χ3v) is 3.94. The van der Waals surface area contributed by atoms with Crippen LogP contribution in [0.15, 0.2) is 48.5 Å². The van der Waals surface area contributed by atoms with Crippen LogP contribution in [0.2, 0.25) is 0 Å². The number of aromatic nitrogens is 4. The number of nitrogens with zero attached hydrogens (tertiary/aromatic N) is 4. The van der Waals surface area contributed by atoms with Gasteiger partial charge in [-0.2, -0.15) is 18.4 Å². The first-order chi connectivity index (χ1) is 12.8. The van der Waals surface area contributed by atoms with E-state index in [1.54, 1.807) is 0 Å². The van der Waals surface area contributed by atoms with E-state index < -0.39 is 23.6 Å². The third kappa shape index (κ3) is 4.69. The van der Waals surface area contributed by atoms with E-state index in [1.165, 1.54) is 12.1 Å². The van der Waals surface area contributed by atoms with Crippen LogP contribution in [0.25, 0.3) is 0 Å². The molecule has 1 heterocycles. The fourth-order valence-corrected chi connectivity index (χ4v) is 2.67. The minimum atomic E-state index is -4.50. The molecule has 0 fully saturated rings. The highest BCUT2D eigenvalue weighted by atomic mass is 19.4. The molecular formula is C18H15F3N5O-. The molecule has 1 atom stereocenters. The second kappa shape index (κ2) is 7.56. The molecule has 27 heavy (non-hydrogen) atoms. The van der Waals surface area contributed by atoms with Crippen molar-refractivity contribution in [2.24, 2.45) is 0 Å². The molecule has 0 unspecified atom stereocenters. The number of alkyl halides is 3. The number of hydrogen-bond acceptors (Lipinski definition) is 4. The Kier molecular flexibility index (Phi) is 5.20. The molecule has 3 aromatic rings. The first-order valence-electron chi connectivity index (χ1n) is 8.05. The molecule has 1 N–H and O–H groups in total. The number of nitrogens with one attached hydrogen (secondary N) is 1. The number of amides is 1. The summed E-state index contributed by atoms with van der Waals surface area (Å²) in [7, 11) is 0. The Balaban J connectivity index is 1.84. The van der Waals surface area contributed by atoms with Crippen molar-refractivity contribution in [3.05, 3.63) is 71.0 Å². The van der Waals surface area contributed by atoms with Crippen LogP contribution in [0, 0.1) is 6.92 Å². The summed E-state index contributed by atoms with van der Waals surface area (Å²) in [5.74, 6) is -1.26. The summed E-state index contributed by atoms with van der Waals surface area (Å²) in [6.07, 6.45) is -4.23. The van der Waals surface area contributed by atoms with Gasteiger partial charge in [-0.05, 0) is 37.1 Å². The van der Waals surface area contributed by atoms with Gasteiger partial charge in [-0.15, -0.1) is 0 Å². The van der Waals surface area contributed by atoms with Crippen LogP contribution >= 0.6 is 0 Å². The molecule has 0 aliphatic carbocycles. The molecule has 0 saturated heterocycles. The summed E-state index contributed by atoms with van der Waals surface area (Å²) in [5.41, 5.74) is 1.08. The van der Waals surface area contributed by atoms with Crippen LogP contribution in [0.5, 0.6) is 0 Å². The Morgan fingerprint density at radius 1 is 1.19 bits per heavy atom. The van der Waals surface area contributed by atoms with E-state index in [0.717, 1.165) is 23.3 Å². The van der Waals surface area contributed by atoms with Crippen LogP contribution in [-0.4, -0.2) is 21.4 Å². The van der Waals surface area contributed by atoms with Crippen molar-refractivity contribution in [1.82, 2.24) is 20.6 Å². The van der Waals surface area contributed by atoms with Gasteiger partial charge < -0.3 is 10.4 Å². The molecule has 0 aliphatic heterocycles. The Bertz CT molecular complexity index is 925. The number of benzene rings is 2. The Morgan fingerprint density at radius 3 is 2.63 bits per heavy atom. The number of carbonyl (C=O) groups is 1. The smallest absolute Gasteiger partial charge is 0.335 e. The highest BCUT2D eigenvalue weighted by Crippen LogP contribution is 2.31. The zero-order valence-corrected chi connectivity index (χ0v) is 14.2. The molecule has 2 aromatic carbocycles. The summed E-state index contributed by atoms with van der Waals surface area (Å²) in [5, 5.41) is 16.8. The Labute approximate surface area is 152 Å². The molecule has 0 bridgehead atoms. The van der Waals surface area contributed by atoms with Crippen LogP contribution < -0.4 is 10.4 Å². The molecule has 3 rings (SSSR count). The van der Waals surface area contributed by atoms with E-state index >= 15 is 0 Å². The van der Waals surface area contributed by atoms with Crippen molar-refractivity contribution in [2.45, 2.75) is 25.4 Å². The van der Waals surface area contributed by atoms with Crippen LogP contribution in [0.4, 0.5) is 18.9 Å². The fourth-order valence-electron chi connectivity index (χ4n) is 2.67. The topological polar surface area (TPSA) is 81.9 Å². The van der Waals surface area contributed by atoms with E-state index in [4.69, 9.17) is 0 Å². The average Bonchev–Trinajstić information content (AvgIpc) is 3.13. The Hall–Kier alpha value is -3.23. The molecule has 9 heteroatoms. The number of tetrazole rings is 1. The zero-order valence-electron chi connectivity index (χ0n) is 14.2. The third-order valence-electron chi connectivity index (χ3n) is 3.94. The minimum absolute atomic E-state index is 0.0385. The lowest BCUT2D eigenvalue weighted by molar-refractivity contribution is -0.137. The molecular weight excluding hydrogens is 359 g/mol. The summed E-state index contributed by atoms with van der Waals surface area (Å²) in [6.45, 7) is 1.92. The highest BCUT2D eigenvalue weighted by molar-refractivity contribution is 5.95. The number of halogens is 3. The SMILES string of the molecule is Cc1cccc(C[C@@H](C(=O)Nc2cccc(C(F)(F)F)c2)c2nnn[n-]2)c1. The van der Waals surface area contributed by atoms with Gasteiger partial charge in [-0.1, -0.05) is 35.9 Å². The first-order valence-corrected chi connectivity index (χ1v) is 8.05. The maximum Gasteiger partial charge on any atom is 0.416 e. The van der Waals surface area contributed by atoms with Gasteiger partial charge in [0.1, 0.15) is 0 Å². The molecule has 1 amide bonds. The molecule has 6 nitrogen and oxygen atoms in total. The lowest BCUT2D eigenvalue weighted by atomic mass is 9.96. The zero-order chi connectivity index (χ0) is 19.4. The quantitative estimate of drug-likeness (QED) is 0.742. The molecule has 0 saturated carbocycles. The Morgan fingerprint density at radius 2 is 1.96 bits per heavy atom. The van der Waals surface area contributed by atoms with E-state index in [1.807, 2.05) is 31.2 Å². The monoisotopic (exact) mass is 374 g/mol. The van der Waals surface area contributed by atoms with Crippen LogP contribution in [0.3, 0.4) is 0 Å². The predicted molar refractivity (Wildman–Crippen MR) is 90.8 cm³/mol. The lowest BCUT2D eigenvalue weighted by Gasteiger charge is -2.18. The number of aryl methyl sites for hydroxylation is 1. The van der Waals surface area contributed by atoms with Gasteiger partial charge in [-0.3, -0.25) is 15.1 Å². The first kappa shape index (κ1) is 18.6. The minimum Gasteiger partial charge on any atom is -0.335 e. The second-order valence-electron chi connectivity index (χ2n) is 6.05. The van der Waals surface area contributed by atoms with Gasteiger partial charge in [0.05, 0.1) is 11.5 Å².